The first kappa shape index (κ1) is 20.0. The lowest BCUT2D eigenvalue weighted by molar-refractivity contribution is 0.415. The average Bonchev–Trinajstić information content (AvgIpc) is 2.79. The third-order valence-corrected chi connectivity index (χ3v) is 5.60. The fourth-order valence-electron chi connectivity index (χ4n) is 3.28. The van der Waals surface area contributed by atoms with Crippen molar-refractivity contribution >= 4 is 11.8 Å². The van der Waals surface area contributed by atoms with Crippen molar-refractivity contribution in [2.75, 3.05) is 13.4 Å². The van der Waals surface area contributed by atoms with Gasteiger partial charge in [0.2, 0.25) is 0 Å². The van der Waals surface area contributed by atoms with E-state index < -0.39 is 5.63 Å². The zero-order chi connectivity index (χ0) is 21.1. The molecule has 30 heavy (non-hydrogen) atoms. The first-order chi connectivity index (χ1) is 14.6. The van der Waals surface area contributed by atoms with E-state index in [1.807, 2.05) is 60.9 Å². The summed E-state index contributed by atoms with van der Waals surface area (Å²) >= 11 is 1.63. The minimum absolute atomic E-state index is 0.331. The van der Waals surface area contributed by atoms with Gasteiger partial charge in [-0.25, -0.2) is 9.18 Å². The Morgan fingerprint density at radius 2 is 1.43 bits per heavy atom. The van der Waals surface area contributed by atoms with Crippen molar-refractivity contribution in [1.82, 2.24) is 0 Å². The van der Waals surface area contributed by atoms with Gasteiger partial charge in [-0.05, 0) is 72.0 Å². The van der Waals surface area contributed by atoms with Gasteiger partial charge in [0, 0.05) is 16.0 Å². The number of halogens is 1. The molecule has 0 saturated heterocycles. The molecule has 0 saturated carbocycles. The van der Waals surface area contributed by atoms with Crippen LogP contribution in [0.3, 0.4) is 0 Å². The lowest BCUT2D eigenvalue weighted by Gasteiger charge is -2.12. The highest BCUT2D eigenvalue weighted by Crippen LogP contribution is 2.34. The van der Waals surface area contributed by atoms with Gasteiger partial charge in [-0.3, -0.25) is 0 Å². The largest absolute Gasteiger partial charge is 0.497 e. The predicted octanol–water partition coefficient (Wildman–Crippen LogP) is 6.51. The van der Waals surface area contributed by atoms with Gasteiger partial charge in [0.15, 0.2) is 0 Å². The summed E-state index contributed by atoms with van der Waals surface area (Å²) in [4.78, 5) is 14.2. The van der Waals surface area contributed by atoms with Crippen molar-refractivity contribution in [3.8, 4) is 39.3 Å². The molecule has 4 rings (SSSR count). The van der Waals surface area contributed by atoms with Crippen molar-refractivity contribution in [1.29, 1.82) is 0 Å². The molecule has 150 valence electrons. The zero-order valence-electron chi connectivity index (χ0n) is 16.5. The average molecular weight is 418 g/mol. The molecule has 0 aliphatic rings. The van der Waals surface area contributed by atoms with Crippen LogP contribution in [0.5, 0.6) is 5.75 Å². The summed E-state index contributed by atoms with van der Waals surface area (Å²) in [5.41, 5.74) is 2.94. The second kappa shape index (κ2) is 8.59. The van der Waals surface area contributed by atoms with E-state index in [0.29, 0.717) is 22.6 Å². The van der Waals surface area contributed by atoms with Gasteiger partial charge < -0.3 is 9.15 Å². The number of hydrogen-bond donors (Lipinski definition) is 0. The molecule has 0 unspecified atom stereocenters. The molecule has 0 bridgehead atoms. The molecule has 5 heteroatoms. The normalized spacial score (nSPS) is 10.8. The second-order valence-corrected chi connectivity index (χ2v) is 7.53. The van der Waals surface area contributed by atoms with E-state index in [1.54, 1.807) is 31.0 Å². The van der Waals surface area contributed by atoms with Crippen LogP contribution in [0.1, 0.15) is 0 Å². The molecule has 0 aliphatic heterocycles. The fourth-order valence-corrected chi connectivity index (χ4v) is 3.69. The quantitative estimate of drug-likeness (QED) is 0.346. The van der Waals surface area contributed by atoms with Gasteiger partial charge >= 0.3 is 5.63 Å². The van der Waals surface area contributed by atoms with Crippen LogP contribution in [-0.4, -0.2) is 13.4 Å². The lowest BCUT2D eigenvalue weighted by Crippen LogP contribution is -2.06. The van der Waals surface area contributed by atoms with Crippen LogP contribution >= 0.6 is 11.8 Å². The van der Waals surface area contributed by atoms with E-state index in [-0.39, 0.29) is 5.82 Å². The monoisotopic (exact) mass is 418 g/mol. The molecule has 0 fully saturated rings. The predicted molar refractivity (Wildman–Crippen MR) is 120 cm³/mol. The molecule has 0 amide bonds. The number of ether oxygens (including phenoxy) is 1. The summed E-state index contributed by atoms with van der Waals surface area (Å²) in [6.07, 6.45) is 2.00. The Morgan fingerprint density at radius 1 is 0.833 bits per heavy atom. The summed E-state index contributed by atoms with van der Waals surface area (Å²) in [5, 5.41) is 0. The molecule has 4 aromatic rings. The van der Waals surface area contributed by atoms with Gasteiger partial charge in [0.25, 0.3) is 0 Å². The van der Waals surface area contributed by atoms with Crippen molar-refractivity contribution in [3.05, 3.63) is 95.1 Å². The van der Waals surface area contributed by atoms with E-state index in [1.165, 1.54) is 12.1 Å². The molecule has 3 nitrogen and oxygen atoms in total. The van der Waals surface area contributed by atoms with Crippen LogP contribution in [0.2, 0.25) is 0 Å². The Hall–Kier alpha value is -3.31. The second-order valence-electron chi connectivity index (χ2n) is 6.65. The standard InChI is InChI=1S/C25H19FO3S/c1-28-20-11-5-17(6-12-20)23-15-22(16-3-9-19(26)10-4-16)24(25(27)29-23)18-7-13-21(30-2)14-8-18/h3-15H,1-2H3. The highest BCUT2D eigenvalue weighted by molar-refractivity contribution is 7.98. The maximum Gasteiger partial charge on any atom is 0.344 e. The van der Waals surface area contributed by atoms with Gasteiger partial charge in [0.1, 0.15) is 17.3 Å². The number of hydrogen-bond acceptors (Lipinski definition) is 4. The van der Waals surface area contributed by atoms with Gasteiger partial charge in [-0.1, -0.05) is 24.3 Å². The summed E-state index contributed by atoms with van der Waals surface area (Å²) in [6.45, 7) is 0. The van der Waals surface area contributed by atoms with Gasteiger partial charge in [-0.2, -0.15) is 0 Å². The first-order valence-corrected chi connectivity index (χ1v) is 10.5. The molecule has 0 aliphatic carbocycles. The number of benzene rings is 3. The summed E-state index contributed by atoms with van der Waals surface area (Å²) in [5.74, 6) is 0.819. The Morgan fingerprint density at radius 3 is 2.03 bits per heavy atom. The van der Waals surface area contributed by atoms with Crippen LogP contribution < -0.4 is 10.4 Å². The fraction of sp³-hybridized carbons (Fsp3) is 0.0800. The topological polar surface area (TPSA) is 39.4 Å². The Labute approximate surface area is 178 Å². The minimum atomic E-state index is -0.445. The highest BCUT2D eigenvalue weighted by atomic mass is 32.2. The molecule has 0 radical (unpaired) electrons. The molecule has 3 aromatic carbocycles. The van der Waals surface area contributed by atoms with Crippen molar-refractivity contribution < 1.29 is 13.5 Å². The maximum absolute atomic E-state index is 13.5. The van der Waals surface area contributed by atoms with E-state index >= 15 is 0 Å². The summed E-state index contributed by atoms with van der Waals surface area (Å²) in [6, 6.07) is 22.9. The van der Waals surface area contributed by atoms with Crippen molar-refractivity contribution in [3.63, 3.8) is 0 Å². The van der Waals surface area contributed by atoms with Crippen LogP contribution in [0.25, 0.3) is 33.6 Å². The highest BCUT2D eigenvalue weighted by Gasteiger charge is 2.17. The number of rotatable bonds is 5. The molecular formula is C25H19FO3S. The first-order valence-electron chi connectivity index (χ1n) is 9.32. The smallest absolute Gasteiger partial charge is 0.344 e. The molecule has 1 aromatic heterocycles. The van der Waals surface area contributed by atoms with Crippen LogP contribution in [0.4, 0.5) is 4.39 Å². The van der Waals surface area contributed by atoms with E-state index in [0.717, 1.165) is 21.6 Å². The van der Waals surface area contributed by atoms with Gasteiger partial charge in [0.05, 0.1) is 12.7 Å². The Kier molecular flexibility index (Phi) is 5.72. The molecule has 0 atom stereocenters. The van der Waals surface area contributed by atoms with Gasteiger partial charge in [-0.15, -0.1) is 11.8 Å². The maximum atomic E-state index is 13.5. The molecule has 1 heterocycles. The van der Waals surface area contributed by atoms with Crippen molar-refractivity contribution in [2.45, 2.75) is 4.90 Å². The Bertz CT molecular complexity index is 1210. The Balaban J connectivity index is 1.92. The van der Waals surface area contributed by atoms with E-state index in [2.05, 4.69) is 0 Å². The third-order valence-electron chi connectivity index (χ3n) is 4.86. The van der Waals surface area contributed by atoms with E-state index in [9.17, 15) is 9.18 Å². The van der Waals surface area contributed by atoms with E-state index in [4.69, 9.17) is 9.15 Å². The number of thioether (sulfide) groups is 1. The number of methoxy groups -OCH3 is 1. The molecule has 0 N–H and O–H groups in total. The van der Waals surface area contributed by atoms with Crippen molar-refractivity contribution in [2.24, 2.45) is 0 Å². The lowest BCUT2D eigenvalue weighted by atomic mass is 9.95. The SMILES string of the molecule is COc1ccc(-c2cc(-c3ccc(F)cc3)c(-c3ccc(SC)cc3)c(=O)o2)cc1. The summed E-state index contributed by atoms with van der Waals surface area (Å²) < 4.78 is 24.4. The summed E-state index contributed by atoms with van der Waals surface area (Å²) in [7, 11) is 1.60. The zero-order valence-corrected chi connectivity index (χ0v) is 17.3. The molecular weight excluding hydrogens is 399 g/mol. The molecule has 0 spiro atoms. The minimum Gasteiger partial charge on any atom is -0.497 e. The van der Waals surface area contributed by atoms with Crippen LogP contribution in [0, 0.1) is 5.82 Å². The van der Waals surface area contributed by atoms with Crippen LogP contribution in [0.15, 0.2) is 93.0 Å². The third kappa shape index (κ3) is 4.02. The van der Waals surface area contributed by atoms with Crippen LogP contribution in [-0.2, 0) is 0 Å².